The van der Waals surface area contributed by atoms with Crippen molar-refractivity contribution in [2.75, 3.05) is 0 Å². The number of allylic oxidation sites excluding steroid dienone is 4. The normalized spacial score (nSPS) is 9.50. The van der Waals surface area contributed by atoms with Crippen LogP contribution in [0.4, 0.5) is 0 Å². The molecule has 0 aliphatic heterocycles. The van der Waals surface area contributed by atoms with Gasteiger partial charge in [0, 0.05) is 0 Å². The highest BCUT2D eigenvalue weighted by atomic mass is 14.0. The van der Waals surface area contributed by atoms with Crippen LogP contribution in [0.25, 0.3) is 0 Å². The average molecular weight is 138 g/mol. The van der Waals surface area contributed by atoms with Crippen LogP contribution >= 0.6 is 0 Å². The molecule has 0 unspecified atom stereocenters. The Hall–Kier alpha value is -0.780. The van der Waals surface area contributed by atoms with Crippen LogP contribution < -0.4 is 0 Å². The van der Waals surface area contributed by atoms with Crippen LogP contribution in [0.1, 0.15) is 21.3 Å². The topological polar surface area (TPSA) is 0 Å². The van der Waals surface area contributed by atoms with Crippen LogP contribution in [0, 0.1) is 5.92 Å². The molecule has 0 heteroatoms. The monoisotopic (exact) mass is 138 g/mol. The van der Waals surface area contributed by atoms with E-state index in [0.717, 1.165) is 5.57 Å². The lowest BCUT2D eigenvalue weighted by Crippen LogP contribution is -1.86. The largest absolute Gasteiger partial charge is 0.0991 e. The third-order valence-corrected chi connectivity index (χ3v) is 1.19. The van der Waals surface area contributed by atoms with E-state index in [1.165, 1.54) is 0 Å². The third kappa shape index (κ3) is 5.36. The van der Waals surface area contributed by atoms with Gasteiger partial charge in [-0.15, -0.1) is 0 Å². The predicted octanol–water partition coefficient (Wildman–Crippen LogP) is 3.58. The van der Waals surface area contributed by atoms with Crippen LogP contribution in [0.15, 0.2) is 37.0 Å². The first-order chi connectivity index (χ1) is 4.18. The Kier molecular flexibility index (Phi) is 7.58. The molecule has 0 nitrogen and oxygen atoms in total. The minimum atomic E-state index is 0. The summed E-state index contributed by atoms with van der Waals surface area (Å²) in [5.41, 5.74) is 1.15. The Morgan fingerprint density at radius 2 is 1.90 bits per heavy atom. The van der Waals surface area contributed by atoms with E-state index < -0.39 is 0 Å². The second-order valence-electron chi connectivity index (χ2n) is 2.32. The van der Waals surface area contributed by atoms with Gasteiger partial charge in [0.1, 0.15) is 0 Å². The molecule has 0 aromatic carbocycles. The van der Waals surface area contributed by atoms with Crippen molar-refractivity contribution in [1.82, 2.24) is 0 Å². The maximum absolute atomic E-state index is 3.86. The molecule has 0 saturated heterocycles. The van der Waals surface area contributed by atoms with Crippen molar-refractivity contribution in [2.45, 2.75) is 21.3 Å². The van der Waals surface area contributed by atoms with Gasteiger partial charge in [0.25, 0.3) is 0 Å². The van der Waals surface area contributed by atoms with Crippen molar-refractivity contribution in [1.29, 1.82) is 0 Å². The molecule has 0 fully saturated rings. The first-order valence-corrected chi connectivity index (χ1v) is 3.16. The smallest absolute Gasteiger partial charge is 0.0225 e. The SMILES string of the molecule is C.C=C/C=C\C(=C)C(C)C. The lowest BCUT2D eigenvalue weighted by Gasteiger charge is -2.00. The van der Waals surface area contributed by atoms with Crippen molar-refractivity contribution < 1.29 is 0 Å². The summed E-state index contributed by atoms with van der Waals surface area (Å²) in [7, 11) is 0. The van der Waals surface area contributed by atoms with E-state index in [1.54, 1.807) is 6.08 Å². The Morgan fingerprint density at radius 3 is 2.20 bits per heavy atom. The van der Waals surface area contributed by atoms with Crippen LogP contribution in [0.2, 0.25) is 0 Å². The Labute approximate surface area is 65.0 Å². The van der Waals surface area contributed by atoms with Gasteiger partial charge in [-0.25, -0.2) is 0 Å². The van der Waals surface area contributed by atoms with Gasteiger partial charge in [0.05, 0.1) is 0 Å². The zero-order valence-electron chi connectivity index (χ0n) is 6.22. The summed E-state index contributed by atoms with van der Waals surface area (Å²) in [5, 5.41) is 0. The molecule has 0 aromatic rings. The minimum absolute atomic E-state index is 0. The van der Waals surface area contributed by atoms with Crippen molar-refractivity contribution in [2.24, 2.45) is 5.92 Å². The van der Waals surface area contributed by atoms with E-state index in [9.17, 15) is 0 Å². The lowest BCUT2D eigenvalue weighted by atomic mass is 10.1. The summed E-state index contributed by atoms with van der Waals surface area (Å²) in [6.07, 6.45) is 5.65. The van der Waals surface area contributed by atoms with Crippen LogP contribution in [-0.2, 0) is 0 Å². The van der Waals surface area contributed by atoms with E-state index >= 15 is 0 Å². The van der Waals surface area contributed by atoms with Gasteiger partial charge < -0.3 is 0 Å². The third-order valence-electron chi connectivity index (χ3n) is 1.19. The molecule has 0 heterocycles. The first kappa shape index (κ1) is 12.0. The molecule has 0 radical (unpaired) electrons. The molecule has 10 heavy (non-hydrogen) atoms. The molecule has 0 saturated carbocycles. The van der Waals surface area contributed by atoms with Crippen molar-refractivity contribution >= 4 is 0 Å². The molecule has 0 atom stereocenters. The van der Waals surface area contributed by atoms with Crippen molar-refractivity contribution in [3.05, 3.63) is 37.0 Å². The van der Waals surface area contributed by atoms with Crippen molar-refractivity contribution in [3.8, 4) is 0 Å². The molecule has 58 valence electrons. The summed E-state index contributed by atoms with van der Waals surface area (Å²) in [6, 6.07) is 0. The fraction of sp³-hybridized carbons (Fsp3) is 0.400. The molecule has 0 aromatic heterocycles. The molecular weight excluding hydrogens is 120 g/mol. The lowest BCUT2D eigenvalue weighted by molar-refractivity contribution is 0.795. The maximum atomic E-state index is 3.86. The van der Waals surface area contributed by atoms with E-state index in [-0.39, 0.29) is 7.43 Å². The van der Waals surface area contributed by atoms with E-state index in [1.807, 2.05) is 12.2 Å². The highest BCUT2D eigenvalue weighted by Gasteiger charge is 1.91. The van der Waals surface area contributed by atoms with Gasteiger partial charge in [-0.1, -0.05) is 58.2 Å². The zero-order valence-corrected chi connectivity index (χ0v) is 6.22. The highest BCUT2D eigenvalue weighted by Crippen LogP contribution is 2.06. The van der Waals surface area contributed by atoms with Gasteiger partial charge in [-0.3, -0.25) is 0 Å². The van der Waals surface area contributed by atoms with Gasteiger partial charge in [-0.05, 0) is 5.92 Å². The Balaban J connectivity index is 0. The molecule has 0 N–H and O–H groups in total. The second kappa shape index (κ2) is 6.34. The Morgan fingerprint density at radius 1 is 1.40 bits per heavy atom. The summed E-state index contributed by atoms with van der Waals surface area (Å²) in [5.74, 6) is 0.543. The van der Waals surface area contributed by atoms with Crippen LogP contribution in [0.5, 0.6) is 0 Å². The molecule has 0 rings (SSSR count). The summed E-state index contributed by atoms with van der Waals surface area (Å²) >= 11 is 0. The van der Waals surface area contributed by atoms with E-state index in [0.29, 0.717) is 5.92 Å². The van der Waals surface area contributed by atoms with Gasteiger partial charge in [0.2, 0.25) is 0 Å². The standard InChI is InChI=1S/C9H14.CH4/c1-5-6-7-9(4)8(2)3;/h5-8H,1,4H2,2-3H3;1H4/b7-6-;. The highest BCUT2D eigenvalue weighted by molar-refractivity contribution is 5.19. The van der Waals surface area contributed by atoms with E-state index in [2.05, 4.69) is 27.0 Å². The molecule has 0 aliphatic rings. The fourth-order valence-electron chi connectivity index (χ4n) is 0.384. The van der Waals surface area contributed by atoms with Gasteiger partial charge >= 0.3 is 0 Å². The molecule has 0 spiro atoms. The van der Waals surface area contributed by atoms with E-state index in [4.69, 9.17) is 0 Å². The van der Waals surface area contributed by atoms with Crippen LogP contribution in [0.3, 0.4) is 0 Å². The fourth-order valence-corrected chi connectivity index (χ4v) is 0.384. The Bertz CT molecular complexity index is 127. The molecule has 0 aliphatic carbocycles. The molecular formula is C10H18. The minimum Gasteiger partial charge on any atom is -0.0991 e. The number of hydrogen-bond acceptors (Lipinski definition) is 0. The molecule has 0 bridgehead atoms. The summed E-state index contributed by atoms with van der Waals surface area (Å²) in [4.78, 5) is 0. The maximum Gasteiger partial charge on any atom is -0.0225 e. The second-order valence-corrected chi connectivity index (χ2v) is 2.32. The van der Waals surface area contributed by atoms with Gasteiger partial charge in [-0.2, -0.15) is 0 Å². The van der Waals surface area contributed by atoms with Gasteiger partial charge in [0.15, 0.2) is 0 Å². The van der Waals surface area contributed by atoms with Crippen LogP contribution in [-0.4, -0.2) is 0 Å². The average Bonchev–Trinajstić information content (AvgIpc) is 1.82. The van der Waals surface area contributed by atoms with Crippen molar-refractivity contribution in [3.63, 3.8) is 0 Å². The predicted molar refractivity (Wildman–Crippen MR) is 50.0 cm³/mol. The summed E-state index contributed by atoms with van der Waals surface area (Å²) < 4.78 is 0. The number of rotatable bonds is 3. The number of hydrogen-bond donors (Lipinski definition) is 0. The zero-order chi connectivity index (χ0) is 7.28. The quantitative estimate of drug-likeness (QED) is 0.523. The summed E-state index contributed by atoms with van der Waals surface area (Å²) in [6.45, 7) is 11.7. The molecule has 0 amide bonds. The first-order valence-electron chi connectivity index (χ1n) is 3.16.